The number of nitrogens with zero attached hydrogens (tertiary/aromatic N) is 3. The number of halogens is 3. The fourth-order valence-corrected chi connectivity index (χ4v) is 3.32. The number of rotatable bonds is 4. The summed E-state index contributed by atoms with van der Waals surface area (Å²) in [6, 6.07) is 14.3. The number of amides is 2. The van der Waals surface area contributed by atoms with Gasteiger partial charge in [-0.2, -0.15) is 13.2 Å². The maximum absolute atomic E-state index is 13.2. The van der Waals surface area contributed by atoms with Crippen molar-refractivity contribution in [1.29, 1.82) is 0 Å². The normalized spacial score (nSPS) is 14.6. The van der Waals surface area contributed by atoms with E-state index >= 15 is 0 Å². The molecule has 3 rings (SSSR count). The zero-order valence-corrected chi connectivity index (χ0v) is 16.0. The van der Waals surface area contributed by atoms with Gasteiger partial charge in [0.1, 0.15) is 0 Å². The van der Waals surface area contributed by atoms with Crippen LogP contribution in [0.15, 0.2) is 54.6 Å². The molecule has 154 valence electrons. The molecule has 0 unspecified atom stereocenters. The van der Waals surface area contributed by atoms with Crippen molar-refractivity contribution in [3.05, 3.63) is 65.7 Å². The molecular weight excluding hydrogens is 383 g/mol. The topological polar surface area (TPSA) is 43.9 Å². The highest BCUT2D eigenvalue weighted by Crippen LogP contribution is 2.32. The van der Waals surface area contributed by atoms with Gasteiger partial charge in [-0.3, -0.25) is 9.59 Å². The molecule has 29 heavy (non-hydrogen) atoms. The van der Waals surface area contributed by atoms with Crippen molar-refractivity contribution in [3.63, 3.8) is 0 Å². The summed E-state index contributed by atoms with van der Waals surface area (Å²) in [7, 11) is 1.82. The molecule has 2 aromatic carbocycles. The minimum absolute atomic E-state index is 0.0841. The van der Waals surface area contributed by atoms with E-state index in [2.05, 4.69) is 0 Å². The zero-order valence-electron chi connectivity index (χ0n) is 16.0. The lowest BCUT2D eigenvalue weighted by Crippen LogP contribution is -2.52. The van der Waals surface area contributed by atoms with Crippen molar-refractivity contribution in [2.45, 2.75) is 6.18 Å². The quantitative estimate of drug-likeness (QED) is 0.785. The van der Waals surface area contributed by atoms with Crippen LogP contribution in [0, 0.1) is 0 Å². The second kappa shape index (κ2) is 8.55. The molecule has 1 saturated heterocycles. The van der Waals surface area contributed by atoms with Crippen molar-refractivity contribution in [2.75, 3.05) is 44.7 Å². The smallest absolute Gasteiger partial charge is 0.365 e. The second-order valence-electron chi connectivity index (χ2n) is 6.91. The predicted molar refractivity (Wildman–Crippen MR) is 104 cm³/mol. The fraction of sp³-hybridized carbons (Fsp3) is 0.333. The van der Waals surface area contributed by atoms with Crippen molar-refractivity contribution in [3.8, 4) is 0 Å². The number of likely N-dealkylation sites (N-methyl/N-ethyl adjacent to an activating group) is 1. The maximum Gasteiger partial charge on any atom is 0.417 e. The highest BCUT2D eigenvalue weighted by atomic mass is 19.4. The highest BCUT2D eigenvalue weighted by molar-refractivity contribution is 5.96. The molecule has 0 bridgehead atoms. The summed E-state index contributed by atoms with van der Waals surface area (Å²) in [4.78, 5) is 30.0. The van der Waals surface area contributed by atoms with Gasteiger partial charge in [-0.1, -0.05) is 30.3 Å². The summed E-state index contributed by atoms with van der Waals surface area (Å²) in [6.45, 7) is 1.18. The average Bonchev–Trinajstić information content (AvgIpc) is 2.73. The van der Waals surface area contributed by atoms with Crippen LogP contribution < -0.4 is 4.90 Å². The molecule has 2 amide bonds. The number of piperazine rings is 1. The van der Waals surface area contributed by atoms with Crippen LogP contribution in [-0.2, 0) is 11.0 Å². The molecule has 0 atom stereocenters. The molecule has 0 aliphatic carbocycles. The lowest BCUT2D eigenvalue weighted by atomic mass is 10.1. The van der Waals surface area contributed by atoms with Gasteiger partial charge in [0.05, 0.1) is 17.7 Å². The number of carbonyl (C=O) groups is 2. The molecule has 5 nitrogen and oxygen atoms in total. The Balaban J connectivity index is 1.59. The molecule has 1 heterocycles. The molecule has 8 heteroatoms. The first-order chi connectivity index (χ1) is 13.8. The van der Waals surface area contributed by atoms with Gasteiger partial charge < -0.3 is 14.7 Å². The number of anilines is 1. The largest absolute Gasteiger partial charge is 0.417 e. The number of hydrogen-bond donors (Lipinski definition) is 0. The van der Waals surface area contributed by atoms with Crippen LogP contribution in [0.25, 0.3) is 0 Å². The Hall–Kier alpha value is -3.03. The van der Waals surface area contributed by atoms with Crippen molar-refractivity contribution in [2.24, 2.45) is 0 Å². The predicted octanol–water partition coefficient (Wildman–Crippen LogP) is 3.13. The third-order valence-corrected chi connectivity index (χ3v) is 4.95. The lowest BCUT2D eigenvalue weighted by Gasteiger charge is -2.36. The zero-order chi connectivity index (χ0) is 21.0. The Labute approximate surface area is 167 Å². The van der Waals surface area contributed by atoms with Crippen molar-refractivity contribution < 1.29 is 22.8 Å². The SMILES string of the molecule is CN(CC(=O)N1CCN(C(=O)c2ccccc2C(F)(F)F)CC1)c1ccccc1. The molecule has 2 aromatic rings. The van der Waals surface area contributed by atoms with E-state index in [1.54, 1.807) is 4.90 Å². The molecule has 0 spiro atoms. The third kappa shape index (κ3) is 4.88. The minimum atomic E-state index is -4.59. The van der Waals surface area contributed by atoms with Gasteiger partial charge in [0, 0.05) is 38.9 Å². The van der Waals surface area contributed by atoms with Crippen molar-refractivity contribution in [1.82, 2.24) is 9.80 Å². The van der Waals surface area contributed by atoms with E-state index in [0.29, 0.717) is 13.1 Å². The van der Waals surface area contributed by atoms with E-state index < -0.39 is 17.6 Å². The maximum atomic E-state index is 13.2. The monoisotopic (exact) mass is 405 g/mol. The summed E-state index contributed by atoms with van der Waals surface area (Å²) in [6.07, 6.45) is -4.59. The third-order valence-electron chi connectivity index (χ3n) is 4.95. The average molecular weight is 405 g/mol. The van der Waals surface area contributed by atoms with E-state index in [9.17, 15) is 22.8 Å². The van der Waals surface area contributed by atoms with Crippen LogP contribution in [0.3, 0.4) is 0 Å². The Morgan fingerprint density at radius 3 is 2.07 bits per heavy atom. The number of benzene rings is 2. The number of alkyl halides is 3. The van der Waals surface area contributed by atoms with Crippen LogP contribution in [-0.4, -0.2) is 61.4 Å². The van der Waals surface area contributed by atoms with E-state index in [1.165, 1.54) is 23.1 Å². The van der Waals surface area contributed by atoms with Gasteiger partial charge in [0.15, 0.2) is 0 Å². The van der Waals surface area contributed by atoms with Gasteiger partial charge in [-0.25, -0.2) is 0 Å². The van der Waals surface area contributed by atoms with Crippen LogP contribution in [0.5, 0.6) is 0 Å². The van der Waals surface area contributed by atoms with E-state index in [0.717, 1.165) is 11.8 Å². The second-order valence-corrected chi connectivity index (χ2v) is 6.91. The minimum Gasteiger partial charge on any atom is -0.365 e. The van der Waals surface area contributed by atoms with Gasteiger partial charge >= 0.3 is 6.18 Å². The Morgan fingerprint density at radius 1 is 0.897 bits per heavy atom. The molecule has 0 N–H and O–H groups in total. The van der Waals surface area contributed by atoms with Gasteiger partial charge in [-0.05, 0) is 24.3 Å². The molecule has 1 fully saturated rings. The first kappa shape index (κ1) is 20.7. The van der Waals surface area contributed by atoms with E-state index in [1.807, 2.05) is 42.3 Å². The molecule has 1 aliphatic rings. The molecule has 1 aliphatic heterocycles. The van der Waals surface area contributed by atoms with Crippen LogP contribution in [0.1, 0.15) is 15.9 Å². The summed E-state index contributed by atoms with van der Waals surface area (Å²) >= 11 is 0. The standard InChI is InChI=1S/C21H22F3N3O2/c1-25(16-7-3-2-4-8-16)15-19(28)26-11-13-27(14-12-26)20(29)17-9-5-6-10-18(17)21(22,23)24/h2-10H,11-15H2,1H3. The Morgan fingerprint density at radius 2 is 1.45 bits per heavy atom. The fourth-order valence-electron chi connectivity index (χ4n) is 3.32. The summed E-state index contributed by atoms with van der Waals surface area (Å²) < 4.78 is 39.5. The Kier molecular flexibility index (Phi) is 6.10. The van der Waals surface area contributed by atoms with Gasteiger partial charge in [-0.15, -0.1) is 0 Å². The lowest BCUT2D eigenvalue weighted by molar-refractivity contribution is -0.138. The van der Waals surface area contributed by atoms with Crippen LogP contribution >= 0.6 is 0 Å². The summed E-state index contributed by atoms with van der Waals surface area (Å²) in [5, 5.41) is 0. The van der Waals surface area contributed by atoms with E-state index in [-0.39, 0.29) is 31.1 Å². The summed E-state index contributed by atoms with van der Waals surface area (Å²) in [5.74, 6) is -0.745. The molecular formula is C21H22F3N3O2. The number of para-hydroxylation sites is 1. The van der Waals surface area contributed by atoms with Crippen molar-refractivity contribution >= 4 is 17.5 Å². The number of hydrogen-bond acceptors (Lipinski definition) is 3. The molecule has 0 radical (unpaired) electrons. The van der Waals surface area contributed by atoms with Crippen LogP contribution in [0.2, 0.25) is 0 Å². The number of carbonyl (C=O) groups excluding carboxylic acids is 2. The molecule has 0 aromatic heterocycles. The van der Waals surface area contributed by atoms with Gasteiger partial charge in [0.2, 0.25) is 5.91 Å². The van der Waals surface area contributed by atoms with E-state index in [4.69, 9.17) is 0 Å². The first-order valence-corrected chi connectivity index (χ1v) is 9.27. The highest BCUT2D eigenvalue weighted by Gasteiger charge is 2.36. The van der Waals surface area contributed by atoms with Gasteiger partial charge in [0.25, 0.3) is 5.91 Å². The molecule has 0 saturated carbocycles. The Bertz CT molecular complexity index is 863. The first-order valence-electron chi connectivity index (χ1n) is 9.27. The van der Waals surface area contributed by atoms with Crippen LogP contribution in [0.4, 0.5) is 18.9 Å². The summed E-state index contributed by atoms with van der Waals surface area (Å²) in [5.41, 5.74) is -0.380.